The summed E-state index contributed by atoms with van der Waals surface area (Å²) in [7, 11) is 0. The van der Waals surface area contributed by atoms with Crippen LogP contribution < -0.4 is 0 Å². The third-order valence-electron chi connectivity index (χ3n) is 2.06. The quantitative estimate of drug-likeness (QED) is 0.748. The summed E-state index contributed by atoms with van der Waals surface area (Å²) in [6.45, 7) is 3.51. The minimum Gasteiger partial charge on any atom is -0.480 e. The minimum absolute atomic E-state index is 0.292. The van der Waals surface area contributed by atoms with Gasteiger partial charge >= 0.3 is 5.97 Å². The predicted octanol–water partition coefficient (Wildman–Crippen LogP) is 0.265. The van der Waals surface area contributed by atoms with Crippen molar-refractivity contribution in [2.45, 2.75) is 13.8 Å². The molecule has 0 aromatic carbocycles. The molecule has 1 heterocycles. The van der Waals surface area contributed by atoms with Crippen LogP contribution >= 0.6 is 0 Å². The Morgan fingerprint density at radius 1 is 1.60 bits per heavy atom. The van der Waals surface area contributed by atoms with Gasteiger partial charge in [-0.1, -0.05) is 0 Å². The number of hydrogen-bond donors (Lipinski definition) is 2. The van der Waals surface area contributed by atoms with E-state index in [2.05, 4.69) is 10.2 Å². The van der Waals surface area contributed by atoms with Gasteiger partial charge in [0.2, 0.25) is 0 Å². The Labute approximate surface area is 86.9 Å². The number of amides is 1. The van der Waals surface area contributed by atoms with Gasteiger partial charge in [-0.15, -0.1) is 0 Å². The second-order valence-corrected chi connectivity index (χ2v) is 3.12. The molecule has 1 aromatic rings. The van der Waals surface area contributed by atoms with Crippen molar-refractivity contribution in [1.29, 1.82) is 0 Å². The van der Waals surface area contributed by atoms with Crippen LogP contribution in [0.4, 0.5) is 0 Å². The van der Waals surface area contributed by atoms with Crippen molar-refractivity contribution in [1.82, 2.24) is 15.1 Å². The van der Waals surface area contributed by atoms with Crippen molar-refractivity contribution in [3.63, 3.8) is 0 Å². The van der Waals surface area contributed by atoms with E-state index in [1.807, 2.05) is 0 Å². The maximum atomic E-state index is 11.8. The van der Waals surface area contributed by atoms with Crippen LogP contribution in [0.1, 0.15) is 23.0 Å². The van der Waals surface area contributed by atoms with Gasteiger partial charge in [-0.2, -0.15) is 5.10 Å². The van der Waals surface area contributed by atoms with E-state index in [4.69, 9.17) is 5.11 Å². The van der Waals surface area contributed by atoms with E-state index in [9.17, 15) is 9.59 Å². The molecule has 6 nitrogen and oxygen atoms in total. The lowest BCUT2D eigenvalue weighted by Crippen LogP contribution is -2.35. The van der Waals surface area contributed by atoms with Crippen molar-refractivity contribution >= 4 is 11.9 Å². The Morgan fingerprint density at radius 2 is 2.27 bits per heavy atom. The van der Waals surface area contributed by atoms with Gasteiger partial charge in [0.05, 0.1) is 11.8 Å². The molecule has 0 saturated carbocycles. The normalized spacial score (nSPS) is 10.0. The van der Waals surface area contributed by atoms with Gasteiger partial charge in [0.25, 0.3) is 5.91 Å². The summed E-state index contributed by atoms with van der Waals surface area (Å²) in [6, 6.07) is 0. The molecule has 15 heavy (non-hydrogen) atoms. The lowest BCUT2D eigenvalue weighted by molar-refractivity contribution is -0.137. The van der Waals surface area contributed by atoms with Crippen LogP contribution in [0.25, 0.3) is 0 Å². The van der Waals surface area contributed by atoms with Gasteiger partial charge in [0.15, 0.2) is 0 Å². The molecule has 6 heteroatoms. The molecule has 0 fully saturated rings. The second-order valence-electron chi connectivity index (χ2n) is 3.12. The Balaban J connectivity index is 2.82. The smallest absolute Gasteiger partial charge is 0.323 e. The molecular weight excluding hydrogens is 198 g/mol. The number of aromatic amines is 1. The van der Waals surface area contributed by atoms with E-state index in [0.29, 0.717) is 17.8 Å². The molecule has 1 aromatic heterocycles. The van der Waals surface area contributed by atoms with Crippen molar-refractivity contribution < 1.29 is 14.7 Å². The van der Waals surface area contributed by atoms with Crippen molar-refractivity contribution in [2.75, 3.05) is 13.1 Å². The van der Waals surface area contributed by atoms with Crippen LogP contribution in [0.2, 0.25) is 0 Å². The average Bonchev–Trinajstić information content (AvgIpc) is 2.59. The van der Waals surface area contributed by atoms with Gasteiger partial charge in [-0.3, -0.25) is 14.7 Å². The first-order valence-corrected chi connectivity index (χ1v) is 4.57. The second kappa shape index (κ2) is 4.59. The number of nitrogens with zero attached hydrogens (tertiary/aromatic N) is 2. The Morgan fingerprint density at radius 3 is 2.67 bits per heavy atom. The first kappa shape index (κ1) is 11.2. The molecule has 82 valence electrons. The molecule has 0 unspecified atom stereocenters. The molecule has 0 spiro atoms. The van der Waals surface area contributed by atoms with E-state index in [1.165, 1.54) is 11.1 Å². The van der Waals surface area contributed by atoms with Crippen LogP contribution in [0.5, 0.6) is 0 Å². The molecule has 0 atom stereocenters. The SMILES string of the molecule is CCN(CC(=O)O)C(=O)c1cn[nH]c1C. The molecule has 2 N–H and O–H groups in total. The fourth-order valence-corrected chi connectivity index (χ4v) is 1.23. The number of aryl methyl sites for hydroxylation is 1. The maximum absolute atomic E-state index is 11.8. The van der Waals surface area contributed by atoms with Gasteiger partial charge < -0.3 is 10.0 Å². The van der Waals surface area contributed by atoms with Crippen molar-refractivity contribution in [3.05, 3.63) is 17.5 Å². The standard InChI is InChI=1S/C9H13N3O3/c1-3-12(5-8(13)14)9(15)7-4-10-11-6(7)2/h4H,3,5H2,1-2H3,(H,10,11)(H,13,14). The van der Waals surface area contributed by atoms with Crippen LogP contribution in [0, 0.1) is 6.92 Å². The maximum Gasteiger partial charge on any atom is 0.323 e. The lowest BCUT2D eigenvalue weighted by Gasteiger charge is -2.17. The minimum atomic E-state index is -1.02. The number of likely N-dealkylation sites (N-methyl/N-ethyl adjacent to an activating group) is 1. The molecular formula is C9H13N3O3. The number of carboxylic acids is 1. The number of aromatic nitrogens is 2. The average molecular weight is 211 g/mol. The fraction of sp³-hybridized carbons (Fsp3) is 0.444. The van der Waals surface area contributed by atoms with E-state index in [-0.39, 0.29) is 12.5 Å². The van der Waals surface area contributed by atoms with E-state index < -0.39 is 5.97 Å². The zero-order valence-electron chi connectivity index (χ0n) is 8.65. The van der Waals surface area contributed by atoms with E-state index >= 15 is 0 Å². The summed E-state index contributed by atoms with van der Waals surface area (Å²) >= 11 is 0. The van der Waals surface area contributed by atoms with Crippen LogP contribution in [0.3, 0.4) is 0 Å². The number of aliphatic carboxylic acids is 1. The number of nitrogens with one attached hydrogen (secondary N) is 1. The van der Waals surface area contributed by atoms with Gasteiger partial charge in [0, 0.05) is 12.2 Å². The summed E-state index contributed by atoms with van der Waals surface area (Å²) < 4.78 is 0. The van der Waals surface area contributed by atoms with Crippen LogP contribution in [-0.2, 0) is 4.79 Å². The third kappa shape index (κ3) is 2.55. The number of carboxylic acid groups (broad SMARTS) is 1. The largest absolute Gasteiger partial charge is 0.480 e. The molecule has 1 amide bonds. The fourth-order valence-electron chi connectivity index (χ4n) is 1.23. The van der Waals surface area contributed by atoms with E-state index in [1.54, 1.807) is 13.8 Å². The summed E-state index contributed by atoms with van der Waals surface area (Å²) in [5, 5.41) is 15.0. The summed E-state index contributed by atoms with van der Waals surface area (Å²) in [5.74, 6) is -1.34. The number of H-pyrrole nitrogens is 1. The number of hydrogen-bond acceptors (Lipinski definition) is 3. The molecule has 0 aliphatic heterocycles. The highest BCUT2D eigenvalue weighted by Crippen LogP contribution is 2.07. The number of rotatable bonds is 4. The summed E-state index contributed by atoms with van der Waals surface area (Å²) in [6.07, 6.45) is 1.40. The topological polar surface area (TPSA) is 86.3 Å². The monoisotopic (exact) mass is 211 g/mol. The highest BCUT2D eigenvalue weighted by atomic mass is 16.4. The van der Waals surface area contributed by atoms with Crippen molar-refractivity contribution in [2.24, 2.45) is 0 Å². The summed E-state index contributed by atoms with van der Waals surface area (Å²) in [4.78, 5) is 23.6. The first-order valence-electron chi connectivity index (χ1n) is 4.57. The van der Waals surface area contributed by atoms with Gasteiger partial charge in [-0.25, -0.2) is 0 Å². The zero-order valence-corrected chi connectivity index (χ0v) is 8.65. The molecule has 0 radical (unpaired) electrons. The van der Waals surface area contributed by atoms with E-state index in [0.717, 1.165) is 0 Å². The van der Waals surface area contributed by atoms with Gasteiger partial charge in [0.1, 0.15) is 6.54 Å². The Kier molecular flexibility index (Phi) is 3.43. The number of carbonyl (C=O) groups is 2. The molecule has 0 saturated heterocycles. The predicted molar refractivity (Wildman–Crippen MR) is 52.5 cm³/mol. The first-order chi connectivity index (χ1) is 7.06. The lowest BCUT2D eigenvalue weighted by atomic mass is 10.2. The van der Waals surface area contributed by atoms with Gasteiger partial charge in [-0.05, 0) is 13.8 Å². The third-order valence-corrected chi connectivity index (χ3v) is 2.06. The highest BCUT2D eigenvalue weighted by Gasteiger charge is 2.19. The summed E-state index contributed by atoms with van der Waals surface area (Å²) in [5.41, 5.74) is 1.06. The Hall–Kier alpha value is -1.85. The Bertz CT molecular complexity index is 372. The molecule has 0 aliphatic rings. The van der Waals surface area contributed by atoms with Crippen LogP contribution in [0.15, 0.2) is 6.20 Å². The molecule has 0 aliphatic carbocycles. The molecule has 0 bridgehead atoms. The number of carbonyl (C=O) groups excluding carboxylic acids is 1. The van der Waals surface area contributed by atoms with Crippen molar-refractivity contribution in [3.8, 4) is 0 Å². The molecule has 1 rings (SSSR count). The van der Waals surface area contributed by atoms with Crippen LogP contribution in [-0.4, -0.2) is 45.2 Å². The zero-order chi connectivity index (χ0) is 11.4. The highest BCUT2D eigenvalue weighted by molar-refractivity contribution is 5.96.